The number of nitrogens with zero attached hydrogens (tertiary/aromatic N) is 1. The van der Waals surface area contributed by atoms with Crippen molar-refractivity contribution >= 4 is 0 Å². The maximum atomic E-state index is 11.1. The largest absolute Gasteiger partial charge is 0.497 e. The first-order chi connectivity index (χ1) is 8.71. The number of benzene rings is 1. The summed E-state index contributed by atoms with van der Waals surface area (Å²) >= 11 is 0. The third-order valence-corrected chi connectivity index (χ3v) is 2.29. The smallest absolute Gasteiger partial charge is 0.254 e. The highest BCUT2D eigenvalue weighted by Gasteiger charge is 2.04. The molecule has 6 nitrogen and oxygen atoms in total. The maximum absolute atomic E-state index is 11.1. The molecule has 0 bridgehead atoms. The average molecular weight is 247 g/mol. The quantitative estimate of drug-likeness (QED) is 0.842. The van der Waals surface area contributed by atoms with Gasteiger partial charge in [-0.2, -0.15) is 0 Å². The molecule has 1 aromatic carbocycles. The van der Waals surface area contributed by atoms with E-state index in [0.717, 1.165) is 5.56 Å². The van der Waals surface area contributed by atoms with Crippen molar-refractivity contribution in [3.8, 4) is 17.4 Å². The zero-order valence-corrected chi connectivity index (χ0v) is 9.84. The number of ether oxygens (including phenoxy) is 2. The van der Waals surface area contributed by atoms with E-state index in [9.17, 15) is 4.79 Å². The van der Waals surface area contributed by atoms with Gasteiger partial charge >= 0.3 is 0 Å². The molecule has 0 amide bonds. The molecule has 6 heteroatoms. The monoisotopic (exact) mass is 247 g/mol. The fourth-order valence-electron chi connectivity index (χ4n) is 1.45. The third kappa shape index (κ3) is 2.86. The topological polar surface area (TPSA) is 90.2 Å². The second-order valence-electron chi connectivity index (χ2n) is 3.57. The van der Waals surface area contributed by atoms with Crippen LogP contribution in [-0.2, 0) is 6.54 Å². The number of aromatic nitrogens is 2. The molecule has 0 spiro atoms. The first-order valence-corrected chi connectivity index (χ1v) is 5.32. The van der Waals surface area contributed by atoms with E-state index < -0.39 is 0 Å². The van der Waals surface area contributed by atoms with Crippen LogP contribution in [0.3, 0.4) is 0 Å². The highest BCUT2D eigenvalue weighted by atomic mass is 16.5. The summed E-state index contributed by atoms with van der Waals surface area (Å²) in [4.78, 5) is 17.4. The molecule has 2 aromatic rings. The van der Waals surface area contributed by atoms with Gasteiger partial charge in [-0.25, -0.2) is 4.98 Å². The van der Waals surface area contributed by atoms with Gasteiger partial charge in [0.25, 0.3) is 5.56 Å². The Bertz CT molecular complexity index is 573. The van der Waals surface area contributed by atoms with Crippen LogP contribution >= 0.6 is 0 Å². The zero-order valence-electron chi connectivity index (χ0n) is 9.84. The first-order valence-electron chi connectivity index (χ1n) is 5.32. The van der Waals surface area contributed by atoms with Crippen molar-refractivity contribution in [1.82, 2.24) is 9.97 Å². The van der Waals surface area contributed by atoms with Crippen molar-refractivity contribution < 1.29 is 9.47 Å². The van der Waals surface area contributed by atoms with Crippen LogP contribution in [-0.4, -0.2) is 17.1 Å². The van der Waals surface area contributed by atoms with Gasteiger partial charge < -0.3 is 20.2 Å². The Morgan fingerprint density at radius 3 is 2.72 bits per heavy atom. The standard InChI is InChI=1S/C12H13N3O3/c1-17-9-2-8(6-13)3-10(4-9)18-12-5-11(16)14-7-15-12/h2-5,7H,6,13H2,1H3,(H,14,15,16). The van der Waals surface area contributed by atoms with Crippen molar-refractivity contribution in [3.63, 3.8) is 0 Å². The lowest BCUT2D eigenvalue weighted by atomic mass is 10.2. The average Bonchev–Trinajstić information content (AvgIpc) is 2.38. The number of rotatable bonds is 4. The van der Waals surface area contributed by atoms with Gasteiger partial charge in [-0.3, -0.25) is 4.79 Å². The number of nitrogens with two attached hydrogens (primary N) is 1. The van der Waals surface area contributed by atoms with Crippen LogP contribution in [0.25, 0.3) is 0 Å². The normalized spacial score (nSPS) is 10.1. The molecular formula is C12H13N3O3. The third-order valence-electron chi connectivity index (χ3n) is 2.29. The van der Waals surface area contributed by atoms with Gasteiger partial charge in [0.1, 0.15) is 11.5 Å². The van der Waals surface area contributed by atoms with E-state index in [-0.39, 0.29) is 11.4 Å². The van der Waals surface area contributed by atoms with Crippen LogP contribution in [0.15, 0.2) is 35.4 Å². The molecule has 18 heavy (non-hydrogen) atoms. The summed E-state index contributed by atoms with van der Waals surface area (Å²) in [7, 11) is 1.56. The van der Waals surface area contributed by atoms with Gasteiger partial charge in [0.15, 0.2) is 0 Å². The van der Waals surface area contributed by atoms with Crippen molar-refractivity contribution in [1.29, 1.82) is 0 Å². The minimum absolute atomic E-state index is 0.218. The van der Waals surface area contributed by atoms with Crippen LogP contribution in [0.1, 0.15) is 5.56 Å². The summed E-state index contributed by atoms with van der Waals surface area (Å²) in [5.74, 6) is 1.38. The molecule has 0 fully saturated rings. The van der Waals surface area contributed by atoms with Gasteiger partial charge in [0.05, 0.1) is 19.5 Å². The molecule has 0 atom stereocenters. The molecule has 0 aliphatic rings. The van der Waals surface area contributed by atoms with E-state index in [0.29, 0.717) is 18.0 Å². The minimum Gasteiger partial charge on any atom is -0.497 e. The Morgan fingerprint density at radius 1 is 1.28 bits per heavy atom. The fraction of sp³-hybridized carbons (Fsp3) is 0.167. The van der Waals surface area contributed by atoms with Crippen molar-refractivity contribution in [3.05, 3.63) is 46.5 Å². The predicted molar refractivity (Wildman–Crippen MR) is 65.8 cm³/mol. The highest BCUT2D eigenvalue weighted by molar-refractivity contribution is 5.39. The fourth-order valence-corrected chi connectivity index (χ4v) is 1.45. The van der Waals surface area contributed by atoms with E-state index in [1.54, 1.807) is 19.2 Å². The molecule has 0 radical (unpaired) electrons. The molecule has 0 saturated carbocycles. The van der Waals surface area contributed by atoms with Gasteiger partial charge in [-0.15, -0.1) is 0 Å². The number of hydrogen-bond acceptors (Lipinski definition) is 5. The Kier molecular flexibility index (Phi) is 3.59. The molecule has 3 N–H and O–H groups in total. The summed E-state index contributed by atoms with van der Waals surface area (Å²) in [6.45, 7) is 0.371. The number of H-pyrrole nitrogens is 1. The van der Waals surface area contributed by atoms with Crippen molar-refractivity contribution in [2.24, 2.45) is 5.73 Å². The lowest BCUT2D eigenvalue weighted by Gasteiger charge is -2.08. The van der Waals surface area contributed by atoms with Crippen molar-refractivity contribution in [2.75, 3.05) is 7.11 Å². The van der Waals surface area contributed by atoms with Crippen molar-refractivity contribution in [2.45, 2.75) is 6.54 Å². The SMILES string of the molecule is COc1cc(CN)cc(Oc2cc(=O)[nH]cn2)c1. The van der Waals surface area contributed by atoms with Gasteiger partial charge in [0, 0.05) is 12.6 Å². The number of hydrogen-bond donors (Lipinski definition) is 2. The number of aromatic amines is 1. The van der Waals surface area contributed by atoms with E-state index >= 15 is 0 Å². The lowest BCUT2D eigenvalue weighted by Crippen LogP contribution is -2.04. The Hall–Kier alpha value is -2.34. The molecule has 94 valence electrons. The minimum atomic E-state index is -0.276. The van der Waals surface area contributed by atoms with Crippen LogP contribution in [0, 0.1) is 0 Å². The summed E-state index contributed by atoms with van der Waals surface area (Å²) in [6.07, 6.45) is 1.28. The van der Waals surface area contributed by atoms with E-state index in [1.165, 1.54) is 12.4 Å². The molecule has 1 aromatic heterocycles. The summed E-state index contributed by atoms with van der Waals surface area (Å²) in [5, 5.41) is 0. The number of nitrogens with one attached hydrogen (secondary N) is 1. The Morgan fingerprint density at radius 2 is 2.06 bits per heavy atom. The van der Waals surface area contributed by atoms with Crippen LogP contribution in [0.5, 0.6) is 17.4 Å². The molecule has 0 aliphatic carbocycles. The van der Waals surface area contributed by atoms with E-state index in [1.807, 2.05) is 6.07 Å². The second kappa shape index (κ2) is 5.33. The Labute approximate surface area is 103 Å². The molecular weight excluding hydrogens is 234 g/mol. The summed E-state index contributed by atoms with van der Waals surface area (Å²) in [6, 6.07) is 6.55. The maximum Gasteiger partial charge on any atom is 0.254 e. The van der Waals surface area contributed by atoms with Gasteiger partial charge in [-0.1, -0.05) is 0 Å². The van der Waals surface area contributed by atoms with Crippen LogP contribution in [0.2, 0.25) is 0 Å². The lowest BCUT2D eigenvalue weighted by molar-refractivity contribution is 0.406. The molecule has 2 rings (SSSR count). The highest BCUT2D eigenvalue weighted by Crippen LogP contribution is 2.25. The van der Waals surface area contributed by atoms with Crippen LogP contribution < -0.4 is 20.8 Å². The van der Waals surface area contributed by atoms with Gasteiger partial charge in [0.2, 0.25) is 5.88 Å². The molecule has 1 heterocycles. The van der Waals surface area contributed by atoms with Gasteiger partial charge in [-0.05, 0) is 17.7 Å². The van der Waals surface area contributed by atoms with Crippen LogP contribution in [0.4, 0.5) is 0 Å². The first kappa shape index (κ1) is 12.1. The van der Waals surface area contributed by atoms with E-state index in [2.05, 4.69) is 9.97 Å². The molecule has 0 unspecified atom stereocenters. The Balaban J connectivity index is 2.30. The second-order valence-corrected chi connectivity index (χ2v) is 3.57. The summed E-state index contributed by atoms with van der Waals surface area (Å²) in [5.41, 5.74) is 6.17. The summed E-state index contributed by atoms with van der Waals surface area (Å²) < 4.78 is 10.6. The molecule has 0 aliphatic heterocycles. The molecule has 0 saturated heterocycles. The zero-order chi connectivity index (χ0) is 13.0. The van der Waals surface area contributed by atoms with E-state index in [4.69, 9.17) is 15.2 Å². The predicted octanol–water partition coefficient (Wildman–Crippen LogP) is 1.03. The number of methoxy groups -OCH3 is 1.